The number of benzene rings is 1. The highest BCUT2D eigenvalue weighted by Gasteiger charge is 2.09. The first-order chi connectivity index (χ1) is 9.65. The Morgan fingerprint density at radius 3 is 2.85 bits per heavy atom. The molecule has 1 aromatic carbocycles. The quantitative estimate of drug-likeness (QED) is 0.805. The Kier molecular flexibility index (Phi) is 3.51. The van der Waals surface area contributed by atoms with E-state index in [-0.39, 0.29) is 0 Å². The molecule has 0 atom stereocenters. The Balaban J connectivity index is 1.88. The third kappa shape index (κ3) is 2.44. The summed E-state index contributed by atoms with van der Waals surface area (Å²) >= 11 is 12.1. The van der Waals surface area contributed by atoms with Crippen molar-refractivity contribution in [1.82, 2.24) is 14.5 Å². The normalized spacial score (nSPS) is 11.1. The standard InChI is InChI=1S/C14H12Cl2N4/c15-10-2-1-9(11(16)7-10)4-6-20-13-3-5-18-8-12(13)19-14(20)17/h1-3,5,7-8H,4,6H2,(H2,17,19). The van der Waals surface area contributed by atoms with Crippen LogP contribution in [0.5, 0.6) is 0 Å². The van der Waals surface area contributed by atoms with Gasteiger partial charge in [0.1, 0.15) is 5.52 Å². The average Bonchev–Trinajstić information content (AvgIpc) is 2.74. The third-order valence-electron chi connectivity index (χ3n) is 3.20. The fraction of sp³-hybridized carbons (Fsp3) is 0.143. The monoisotopic (exact) mass is 306 g/mol. The maximum absolute atomic E-state index is 6.18. The summed E-state index contributed by atoms with van der Waals surface area (Å²) in [5.41, 5.74) is 8.76. The number of imidazole rings is 1. The van der Waals surface area contributed by atoms with Gasteiger partial charge in [-0.05, 0) is 30.2 Å². The van der Waals surface area contributed by atoms with Crippen molar-refractivity contribution in [2.75, 3.05) is 5.73 Å². The smallest absolute Gasteiger partial charge is 0.201 e. The predicted octanol–water partition coefficient (Wildman–Crippen LogP) is 3.56. The SMILES string of the molecule is Nc1nc2cnccc2n1CCc1ccc(Cl)cc1Cl. The van der Waals surface area contributed by atoms with Gasteiger partial charge >= 0.3 is 0 Å². The molecule has 4 nitrogen and oxygen atoms in total. The molecule has 3 rings (SSSR count). The van der Waals surface area contributed by atoms with E-state index in [1.165, 1.54) is 0 Å². The van der Waals surface area contributed by atoms with E-state index in [1.807, 2.05) is 22.8 Å². The van der Waals surface area contributed by atoms with Crippen LogP contribution >= 0.6 is 23.2 Å². The van der Waals surface area contributed by atoms with Crippen LogP contribution in [-0.4, -0.2) is 14.5 Å². The average molecular weight is 307 g/mol. The molecule has 0 aliphatic rings. The number of halogens is 2. The highest BCUT2D eigenvalue weighted by atomic mass is 35.5. The number of aryl methyl sites for hydroxylation is 2. The van der Waals surface area contributed by atoms with E-state index in [2.05, 4.69) is 9.97 Å². The molecule has 102 valence electrons. The van der Waals surface area contributed by atoms with Gasteiger partial charge < -0.3 is 10.3 Å². The minimum Gasteiger partial charge on any atom is -0.369 e. The van der Waals surface area contributed by atoms with Gasteiger partial charge in [0.25, 0.3) is 0 Å². The van der Waals surface area contributed by atoms with Crippen molar-refractivity contribution >= 4 is 40.2 Å². The van der Waals surface area contributed by atoms with Gasteiger partial charge in [-0.3, -0.25) is 4.98 Å². The molecular weight excluding hydrogens is 295 g/mol. The van der Waals surface area contributed by atoms with Crippen LogP contribution in [0.15, 0.2) is 36.7 Å². The first kappa shape index (κ1) is 13.2. The molecule has 0 fully saturated rings. The van der Waals surface area contributed by atoms with E-state index in [0.717, 1.165) is 23.0 Å². The molecule has 0 unspecified atom stereocenters. The minimum absolute atomic E-state index is 0.484. The molecule has 20 heavy (non-hydrogen) atoms. The molecular formula is C14H12Cl2N4. The minimum atomic E-state index is 0.484. The van der Waals surface area contributed by atoms with E-state index in [0.29, 0.717) is 22.5 Å². The summed E-state index contributed by atoms with van der Waals surface area (Å²) in [5.74, 6) is 0.484. The molecule has 6 heteroatoms. The zero-order chi connectivity index (χ0) is 14.1. The van der Waals surface area contributed by atoms with Gasteiger partial charge in [-0.1, -0.05) is 29.3 Å². The Morgan fingerprint density at radius 2 is 2.05 bits per heavy atom. The first-order valence-corrected chi connectivity index (χ1v) is 6.90. The van der Waals surface area contributed by atoms with Crippen molar-refractivity contribution in [3.8, 4) is 0 Å². The Morgan fingerprint density at radius 1 is 1.20 bits per heavy atom. The van der Waals surface area contributed by atoms with Crippen LogP contribution in [0.25, 0.3) is 11.0 Å². The van der Waals surface area contributed by atoms with Gasteiger partial charge in [0.2, 0.25) is 5.95 Å². The number of nitrogens with zero attached hydrogens (tertiary/aromatic N) is 3. The van der Waals surface area contributed by atoms with Crippen molar-refractivity contribution in [2.24, 2.45) is 0 Å². The maximum atomic E-state index is 6.18. The Hall–Kier alpha value is -1.78. The molecule has 0 radical (unpaired) electrons. The zero-order valence-electron chi connectivity index (χ0n) is 10.6. The lowest BCUT2D eigenvalue weighted by Crippen LogP contribution is -2.06. The van der Waals surface area contributed by atoms with Crippen LogP contribution in [0.3, 0.4) is 0 Å². The third-order valence-corrected chi connectivity index (χ3v) is 3.79. The summed E-state index contributed by atoms with van der Waals surface area (Å²) in [5, 5.41) is 1.31. The lowest BCUT2D eigenvalue weighted by atomic mass is 10.1. The maximum Gasteiger partial charge on any atom is 0.201 e. The molecule has 0 amide bonds. The van der Waals surface area contributed by atoms with Crippen LogP contribution < -0.4 is 5.73 Å². The Labute approximate surface area is 126 Å². The van der Waals surface area contributed by atoms with E-state index < -0.39 is 0 Å². The summed E-state index contributed by atoms with van der Waals surface area (Å²) < 4.78 is 1.96. The van der Waals surface area contributed by atoms with Crippen LogP contribution in [0.1, 0.15) is 5.56 Å². The summed E-state index contributed by atoms with van der Waals surface area (Å²) in [4.78, 5) is 8.33. The summed E-state index contributed by atoms with van der Waals surface area (Å²) in [7, 11) is 0. The highest BCUT2D eigenvalue weighted by molar-refractivity contribution is 6.35. The molecule has 2 heterocycles. The van der Waals surface area contributed by atoms with E-state index in [1.54, 1.807) is 18.5 Å². The number of nitrogen functional groups attached to an aromatic ring is 1. The lowest BCUT2D eigenvalue weighted by molar-refractivity contribution is 0.726. The molecule has 3 aromatic rings. The molecule has 2 N–H and O–H groups in total. The number of hydrogen-bond donors (Lipinski definition) is 1. The highest BCUT2D eigenvalue weighted by Crippen LogP contribution is 2.23. The van der Waals surface area contributed by atoms with Gasteiger partial charge in [-0.15, -0.1) is 0 Å². The fourth-order valence-corrected chi connectivity index (χ4v) is 2.70. The second-order valence-corrected chi connectivity index (χ2v) is 5.32. The first-order valence-electron chi connectivity index (χ1n) is 6.15. The van der Waals surface area contributed by atoms with Crippen LogP contribution in [0, 0.1) is 0 Å². The molecule has 0 spiro atoms. The Bertz CT molecular complexity index is 767. The molecule has 0 saturated carbocycles. The topological polar surface area (TPSA) is 56.7 Å². The number of rotatable bonds is 3. The van der Waals surface area contributed by atoms with Gasteiger partial charge in [0, 0.05) is 22.8 Å². The number of nitrogens with two attached hydrogens (primary N) is 1. The summed E-state index contributed by atoms with van der Waals surface area (Å²) in [6.07, 6.45) is 4.20. The van der Waals surface area contributed by atoms with Gasteiger partial charge in [-0.25, -0.2) is 4.98 Å². The number of pyridine rings is 1. The van der Waals surface area contributed by atoms with E-state index in [4.69, 9.17) is 28.9 Å². The van der Waals surface area contributed by atoms with Crippen LogP contribution in [0.2, 0.25) is 10.0 Å². The van der Waals surface area contributed by atoms with Crippen molar-refractivity contribution in [3.05, 3.63) is 52.3 Å². The van der Waals surface area contributed by atoms with Gasteiger partial charge in [0.15, 0.2) is 0 Å². The summed E-state index contributed by atoms with van der Waals surface area (Å²) in [6.45, 7) is 0.702. The zero-order valence-corrected chi connectivity index (χ0v) is 12.1. The lowest BCUT2D eigenvalue weighted by Gasteiger charge is -2.08. The molecule has 0 bridgehead atoms. The number of anilines is 1. The van der Waals surface area contributed by atoms with Crippen molar-refractivity contribution in [3.63, 3.8) is 0 Å². The van der Waals surface area contributed by atoms with E-state index in [9.17, 15) is 0 Å². The number of aromatic nitrogens is 3. The van der Waals surface area contributed by atoms with Crippen molar-refractivity contribution in [2.45, 2.75) is 13.0 Å². The largest absolute Gasteiger partial charge is 0.369 e. The van der Waals surface area contributed by atoms with Crippen LogP contribution in [-0.2, 0) is 13.0 Å². The van der Waals surface area contributed by atoms with Gasteiger partial charge in [-0.2, -0.15) is 0 Å². The molecule has 0 aliphatic carbocycles. The second kappa shape index (κ2) is 5.31. The molecule has 0 aliphatic heterocycles. The van der Waals surface area contributed by atoms with E-state index >= 15 is 0 Å². The van der Waals surface area contributed by atoms with Crippen molar-refractivity contribution in [1.29, 1.82) is 0 Å². The number of fused-ring (bicyclic) bond motifs is 1. The van der Waals surface area contributed by atoms with Gasteiger partial charge in [0.05, 0.1) is 11.7 Å². The fourth-order valence-electron chi connectivity index (χ4n) is 2.19. The summed E-state index contributed by atoms with van der Waals surface area (Å²) in [6, 6.07) is 7.42. The predicted molar refractivity (Wildman–Crippen MR) is 82.1 cm³/mol. The second-order valence-electron chi connectivity index (χ2n) is 4.47. The molecule has 2 aromatic heterocycles. The van der Waals surface area contributed by atoms with Crippen LogP contribution in [0.4, 0.5) is 5.95 Å². The number of hydrogen-bond acceptors (Lipinski definition) is 3. The molecule has 0 saturated heterocycles. The van der Waals surface area contributed by atoms with Crippen molar-refractivity contribution < 1.29 is 0 Å².